The molecule has 1 N–H and O–H groups in total. The van der Waals surface area contributed by atoms with Crippen LogP contribution in [0.1, 0.15) is 37.6 Å². The van der Waals surface area contributed by atoms with Gasteiger partial charge in [0, 0.05) is 36.7 Å². The molecular formula is C22H26N6O3. The molecule has 2 atom stereocenters. The molecule has 9 heteroatoms. The average molecular weight is 422 g/mol. The molecule has 31 heavy (non-hydrogen) atoms. The normalized spacial score (nSPS) is 18.9. The molecule has 1 aliphatic heterocycles. The number of fused-ring (bicyclic) bond motifs is 1. The van der Waals surface area contributed by atoms with Crippen LogP contribution >= 0.6 is 0 Å². The highest BCUT2D eigenvalue weighted by Crippen LogP contribution is 2.26. The number of nitrogens with zero attached hydrogens (tertiary/aromatic N) is 5. The van der Waals surface area contributed by atoms with Gasteiger partial charge in [-0.3, -0.25) is 9.59 Å². The van der Waals surface area contributed by atoms with Gasteiger partial charge in [-0.1, -0.05) is 13.8 Å². The Labute approximate surface area is 179 Å². The highest BCUT2D eigenvalue weighted by atomic mass is 16.2. The number of nitrogens with one attached hydrogen (secondary N) is 1. The van der Waals surface area contributed by atoms with E-state index in [0.29, 0.717) is 34.6 Å². The Balaban J connectivity index is 1.56. The first kappa shape index (κ1) is 20.8. The molecule has 4 rings (SSSR count). The molecule has 1 aromatic carbocycles. The van der Waals surface area contributed by atoms with Crippen molar-refractivity contribution < 1.29 is 9.59 Å². The fourth-order valence-electron chi connectivity index (χ4n) is 4.22. The minimum absolute atomic E-state index is 0.0453. The first-order valence-electron chi connectivity index (χ1n) is 10.4. The number of benzene rings is 1. The molecule has 162 valence electrons. The van der Waals surface area contributed by atoms with E-state index in [1.165, 1.54) is 11.3 Å². The van der Waals surface area contributed by atoms with Crippen LogP contribution in [0.3, 0.4) is 0 Å². The number of carbonyl (C=O) groups is 2. The second-order valence-electron chi connectivity index (χ2n) is 8.42. The predicted molar refractivity (Wildman–Crippen MR) is 117 cm³/mol. The molecule has 0 bridgehead atoms. The molecule has 9 nitrogen and oxygen atoms in total. The van der Waals surface area contributed by atoms with Crippen molar-refractivity contribution >= 4 is 28.8 Å². The number of hydrogen-bond donors (Lipinski definition) is 1. The number of hydrogen-bond acceptors (Lipinski definition) is 6. The quantitative estimate of drug-likeness (QED) is 0.633. The summed E-state index contributed by atoms with van der Waals surface area (Å²) in [6.45, 7) is 7.39. The molecule has 0 spiro atoms. The van der Waals surface area contributed by atoms with E-state index in [-0.39, 0.29) is 23.9 Å². The first-order valence-corrected chi connectivity index (χ1v) is 10.4. The number of carbonyl (C=O) groups excluding carboxylic acids is 2. The van der Waals surface area contributed by atoms with Gasteiger partial charge in [-0.15, -0.1) is 5.10 Å². The molecule has 1 amide bonds. The van der Waals surface area contributed by atoms with Gasteiger partial charge < -0.3 is 10.2 Å². The van der Waals surface area contributed by atoms with Crippen molar-refractivity contribution in [1.82, 2.24) is 19.2 Å². The highest BCUT2D eigenvalue weighted by Gasteiger charge is 2.25. The fourth-order valence-corrected chi connectivity index (χ4v) is 4.22. The Kier molecular flexibility index (Phi) is 5.58. The van der Waals surface area contributed by atoms with Crippen molar-refractivity contribution in [3.05, 3.63) is 52.7 Å². The Morgan fingerprint density at radius 1 is 1.13 bits per heavy atom. The maximum Gasteiger partial charge on any atom is 0.350 e. The van der Waals surface area contributed by atoms with E-state index in [0.717, 1.165) is 24.2 Å². The second-order valence-corrected chi connectivity index (χ2v) is 8.42. The summed E-state index contributed by atoms with van der Waals surface area (Å²) >= 11 is 0. The number of rotatable bonds is 5. The van der Waals surface area contributed by atoms with Crippen LogP contribution < -0.4 is 15.9 Å². The SMILES string of the molecule is CC(=O)c1ccc(NC(=O)Cn2nc3c(N4C[C@H](C)C[C@H](C)C4)nccn3c2=O)cc1. The number of Topliss-reactive ketones (excluding diaryl/α,β-unsaturated/α-hetero) is 1. The highest BCUT2D eigenvalue weighted by molar-refractivity contribution is 5.95. The van der Waals surface area contributed by atoms with Crippen molar-refractivity contribution in [3.8, 4) is 0 Å². The Bertz CT molecular complexity index is 1170. The molecular weight excluding hydrogens is 396 g/mol. The van der Waals surface area contributed by atoms with E-state index >= 15 is 0 Å². The van der Waals surface area contributed by atoms with Crippen molar-refractivity contribution in [1.29, 1.82) is 0 Å². The lowest BCUT2D eigenvalue weighted by Crippen LogP contribution is -2.39. The van der Waals surface area contributed by atoms with E-state index < -0.39 is 0 Å². The Morgan fingerprint density at radius 2 is 1.81 bits per heavy atom. The van der Waals surface area contributed by atoms with E-state index in [2.05, 4.69) is 34.1 Å². The minimum atomic E-state index is -0.390. The lowest BCUT2D eigenvalue weighted by Gasteiger charge is -2.35. The van der Waals surface area contributed by atoms with Crippen LogP contribution in [0, 0.1) is 11.8 Å². The third-order valence-corrected chi connectivity index (χ3v) is 5.52. The maximum atomic E-state index is 12.8. The van der Waals surface area contributed by atoms with Crippen LogP contribution in [-0.2, 0) is 11.3 Å². The molecule has 0 aliphatic carbocycles. The van der Waals surface area contributed by atoms with Gasteiger partial charge in [0.2, 0.25) is 11.6 Å². The molecule has 3 aromatic rings. The topological polar surface area (TPSA) is 102 Å². The van der Waals surface area contributed by atoms with Crippen LogP contribution in [0.2, 0.25) is 0 Å². The Hall–Kier alpha value is -3.49. The lowest BCUT2D eigenvalue weighted by atomic mass is 9.92. The van der Waals surface area contributed by atoms with Crippen LogP contribution in [0.5, 0.6) is 0 Å². The van der Waals surface area contributed by atoms with E-state index in [1.54, 1.807) is 36.7 Å². The van der Waals surface area contributed by atoms with Crippen LogP contribution in [0.15, 0.2) is 41.5 Å². The summed E-state index contributed by atoms with van der Waals surface area (Å²) in [4.78, 5) is 43.3. The molecule has 2 aromatic heterocycles. The fraction of sp³-hybridized carbons (Fsp3) is 0.409. The standard InChI is InChI=1S/C22H26N6O3/c1-14-10-15(2)12-26(11-14)20-21-25-28(22(31)27(21)9-8-23-20)13-19(30)24-18-6-4-17(5-7-18)16(3)29/h4-9,14-15H,10-13H2,1-3H3,(H,24,30)/t14-,15+. The van der Waals surface area contributed by atoms with E-state index in [9.17, 15) is 14.4 Å². The van der Waals surface area contributed by atoms with E-state index in [1.807, 2.05) is 0 Å². The van der Waals surface area contributed by atoms with Gasteiger partial charge >= 0.3 is 5.69 Å². The number of amides is 1. The zero-order chi connectivity index (χ0) is 22.1. The minimum Gasteiger partial charge on any atom is -0.353 e. The van der Waals surface area contributed by atoms with Crippen LogP contribution in [0.4, 0.5) is 11.5 Å². The van der Waals surface area contributed by atoms with Gasteiger partial charge in [0.1, 0.15) is 6.54 Å². The molecule has 0 saturated carbocycles. The van der Waals surface area contributed by atoms with Crippen LogP contribution in [-0.4, -0.2) is 43.9 Å². The largest absolute Gasteiger partial charge is 0.353 e. The summed E-state index contributed by atoms with van der Waals surface area (Å²) in [7, 11) is 0. The molecule has 3 heterocycles. The smallest absolute Gasteiger partial charge is 0.350 e. The van der Waals surface area contributed by atoms with Gasteiger partial charge in [0.05, 0.1) is 0 Å². The van der Waals surface area contributed by atoms with Crippen LogP contribution in [0.25, 0.3) is 5.65 Å². The summed E-state index contributed by atoms with van der Waals surface area (Å²) in [5.41, 5.74) is 1.17. The number of aromatic nitrogens is 4. The van der Waals surface area contributed by atoms with Crippen molar-refractivity contribution in [2.45, 2.75) is 33.7 Å². The van der Waals surface area contributed by atoms with Crippen molar-refractivity contribution in [2.75, 3.05) is 23.3 Å². The third kappa shape index (κ3) is 4.35. The summed E-state index contributed by atoms with van der Waals surface area (Å²) in [5, 5.41) is 7.15. The summed E-state index contributed by atoms with van der Waals surface area (Å²) in [6, 6.07) is 6.60. The molecule has 0 radical (unpaired) electrons. The maximum absolute atomic E-state index is 12.8. The number of anilines is 2. The van der Waals surface area contributed by atoms with Gasteiger partial charge in [0.25, 0.3) is 0 Å². The summed E-state index contributed by atoms with van der Waals surface area (Å²) < 4.78 is 2.58. The zero-order valence-electron chi connectivity index (χ0n) is 17.9. The van der Waals surface area contributed by atoms with E-state index in [4.69, 9.17) is 0 Å². The van der Waals surface area contributed by atoms with Gasteiger partial charge in [-0.25, -0.2) is 18.9 Å². The van der Waals surface area contributed by atoms with Gasteiger partial charge in [-0.2, -0.15) is 0 Å². The summed E-state index contributed by atoms with van der Waals surface area (Å²) in [6.07, 6.45) is 4.32. The first-order chi connectivity index (χ1) is 14.8. The average Bonchev–Trinajstić information content (AvgIpc) is 3.03. The second kappa shape index (κ2) is 8.33. The summed E-state index contributed by atoms with van der Waals surface area (Å²) in [5.74, 6) is 1.29. The predicted octanol–water partition coefficient (Wildman–Crippen LogP) is 2.21. The Morgan fingerprint density at radius 3 is 2.45 bits per heavy atom. The third-order valence-electron chi connectivity index (χ3n) is 5.52. The molecule has 1 aliphatic rings. The molecule has 0 unspecified atom stereocenters. The number of ketones is 1. The van der Waals surface area contributed by atoms with Gasteiger partial charge in [-0.05, 0) is 49.4 Å². The molecule has 1 fully saturated rings. The van der Waals surface area contributed by atoms with Crippen molar-refractivity contribution in [3.63, 3.8) is 0 Å². The number of piperidine rings is 1. The molecule has 1 saturated heterocycles. The zero-order valence-corrected chi connectivity index (χ0v) is 17.9. The monoisotopic (exact) mass is 422 g/mol. The van der Waals surface area contributed by atoms with Gasteiger partial charge in [0.15, 0.2) is 11.6 Å². The lowest BCUT2D eigenvalue weighted by molar-refractivity contribution is -0.117. The van der Waals surface area contributed by atoms with Crippen molar-refractivity contribution in [2.24, 2.45) is 11.8 Å².